The molecule has 2 N–H and O–H groups in total. The molecule has 0 amide bonds. The van der Waals surface area contributed by atoms with E-state index in [1.165, 1.54) is 10.6 Å². The molecule has 1 atom stereocenters. The lowest BCUT2D eigenvalue weighted by molar-refractivity contribution is 0.490. The summed E-state index contributed by atoms with van der Waals surface area (Å²) in [7, 11) is 0. The summed E-state index contributed by atoms with van der Waals surface area (Å²) in [6.07, 6.45) is 1.76. The molecule has 4 rings (SSSR count). The van der Waals surface area contributed by atoms with E-state index in [9.17, 15) is 20.1 Å². The van der Waals surface area contributed by atoms with Crippen LogP contribution in [0.5, 0.6) is 0 Å². The molecule has 2 heterocycles. The van der Waals surface area contributed by atoms with Gasteiger partial charge in [-0.3, -0.25) is 13.9 Å². The van der Waals surface area contributed by atoms with Crippen molar-refractivity contribution in [1.82, 2.24) is 9.13 Å². The van der Waals surface area contributed by atoms with Crippen LogP contribution < -0.4 is 21.9 Å². The van der Waals surface area contributed by atoms with Gasteiger partial charge in [0.15, 0.2) is 0 Å². The van der Waals surface area contributed by atoms with E-state index >= 15 is 0 Å². The minimum absolute atomic E-state index is 0.0372. The molecule has 3 aromatic rings. The molecule has 1 aliphatic heterocycles. The van der Waals surface area contributed by atoms with Crippen LogP contribution in [0.3, 0.4) is 0 Å². The highest BCUT2D eigenvalue weighted by atomic mass is 16.2. The van der Waals surface area contributed by atoms with Crippen LogP contribution in [-0.4, -0.2) is 28.3 Å². The lowest BCUT2D eigenvalue weighted by atomic mass is 10.1. The van der Waals surface area contributed by atoms with Crippen molar-refractivity contribution in [1.29, 1.82) is 10.5 Å². The summed E-state index contributed by atoms with van der Waals surface area (Å²) in [6.45, 7) is 1.45. The van der Waals surface area contributed by atoms with E-state index in [0.717, 1.165) is 12.8 Å². The SMILES string of the molecule is N#Cc1cccc(Cn2c(=O)cc(N3CCCC(N)C3)n(Cc3ccccc3C#N)c2=O)c1. The Morgan fingerprint density at radius 1 is 0.970 bits per heavy atom. The molecule has 33 heavy (non-hydrogen) atoms. The number of rotatable bonds is 5. The first-order valence-electron chi connectivity index (χ1n) is 10.8. The Balaban J connectivity index is 1.84. The monoisotopic (exact) mass is 440 g/mol. The van der Waals surface area contributed by atoms with Crippen molar-refractivity contribution in [3.05, 3.63) is 97.7 Å². The third kappa shape index (κ3) is 4.72. The van der Waals surface area contributed by atoms with Gasteiger partial charge in [-0.05, 0) is 42.2 Å². The van der Waals surface area contributed by atoms with Gasteiger partial charge in [0.25, 0.3) is 5.56 Å². The first kappa shape index (κ1) is 22.1. The number of piperidine rings is 1. The van der Waals surface area contributed by atoms with Gasteiger partial charge in [-0.25, -0.2) is 4.79 Å². The van der Waals surface area contributed by atoms with E-state index in [-0.39, 0.29) is 19.1 Å². The standard InChI is InChI=1S/C25H24N6O2/c26-13-18-5-3-6-19(11-18)15-31-24(32)12-23(29-10-4-9-22(28)17-29)30(25(31)33)16-21-8-2-1-7-20(21)14-27/h1-3,5-8,11-12,22H,4,9-10,15-17,28H2. The maximum atomic E-state index is 13.6. The largest absolute Gasteiger partial charge is 0.356 e. The van der Waals surface area contributed by atoms with Crippen molar-refractivity contribution in [2.75, 3.05) is 18.0 Å². The number of nitrogens with two attached hydrogens (primary N) is 1. The van der Waals surface area contributed by atoms with Gasteiger partial charge >= 0.3 is 5.69 Å². The van der Waals surface area contributed by atoms with Crippen molar-refractivity contribution in [2.45, 2.75) is 32.0 Å². The molecule has 0 bridgehead atoms. The second kappa shape index (κ2) is 9.56. The quantitative estimate of drug-likeness (QED) is 0.646. The van der Waals surface area contributed by atoms with Crippen LogP contribution >= 0.6 is 0 Å². The number of nitriles is 2. The minimum Gasteiger partial charge on any atom is -0.356 e. The maximum Gasteiger partial charge on any atom is 0.333 e. The molecule has 166 valence electrons. The fraction of sp³-hybridized carbons (Fsp3) is 0.280. The highest BCUT2D eigenvalue weighted by molar-refractivity contribution is 5.43. The first-order valence-corrected chi connectivity index (χ1v) is 10.8. The van der Waals surface area contributed by atoms with E-state index in [1.807, 2.05) is 17.0 Å². The lowest BCUT2D eigenvalue weighted by Crippen LogP contribution is -2.48. The zero-order valence-electron chi connectivity index (χ0n) is 18.1. The highest BCUT2D eigenvalue weighted by Gasteiger charge is 2.22. The van der Waals surface area contributed by atoms with Crippen LogP contribution in [0, 0.1) is 22.7 Å². The fourth-order valence-corrected chi connectivity index (χ4v) is 4.24. The van der Waals surface area contributed by atoms with E-state index in [4.69, 9.17) is 5.73 Å². The van der Waals surface area contributed by atoms with Crippen molar-refractivity contribution < 1.29 is 0 Å². The Morgan fingerprint density at radius 2 is 1.79 bits per heavy atom. The number of benzene rings is 2. The zero-order chi connectivity index (χ0) is 23.4. The Morgan fingerprint density at radius 3 is 2.55 bits per heavy atom. The topological polar surface area (TPSA) is 121 Å². The predicted octanol–water partition coefficient (Wildman–Crippen LogP) is 1.78. The average molecular weight is 441 g/mol. The molecule has 0 saturated carbocycles. The summed E-state index contributed by atoms with van der Waals surface area (Å²) in [5, 5.41) is 18.7. The van der Waals surface area contributed by atoms with Gasteiger partial charge < -0.3 is 10.6 Å². The number of anilines is 1. The van der Waals surface area contributed by atoms with Crippen LogP contribution in [0.15, 0.2) is 64.2 Å². The normalized spacial score (nSPS) is 15.6. The summed E-state index contributed by atoms with van der Waals surface area (Å²) >= 11 is 0. The Bertz CT molecular complexity index is 1380. The van der Waals surface area contributed by atoms with Crippen molar-refractivity contribution in [3.63, 3.8) is 0 Å². The van der Waals surface area contributed by atoms with Crippen LogP contribution in [0.2, 0.25) is 0 Å². The molecular weight excluding hydrogens is 416 g/mol. The molecular formula is C25H24N6O2. The third-order valence-electron chi connectivity index (χ3n) is 5.90. The van der Waals surface area contributed by atoms with Gasteiger partial charge in [-0.15, -0.1) is 0 Å². The predicted molar refractivity (Wildman–Crippen MR) is 125 cm³/mol. The molecule has 2 aromatic carbocycles. The van der Waals surface area contributed by atoms with Gasteiger partial charge in [0, 0.05) is 25.2 Å². The molecule has 0 spiro atoms. The van der Waals surface area contributed by atoms with Gasteiger partial charge in [-0.1, -0.05) is 30.3 Å². The molecule has 8 nitrogen and oxygen atoms in total. The maximum absolute atomic E-state index is 13.6. The highest BCUT2D eigenvalue weighted by Crippen LogP contribution is 2.19. The van der Waals surface area contributed by atoms with E-state index < -0.39 is 11.2 Å². The fourth-order valence-electron chi connectivity index (χ4n) is 4.24. The Kier molecular flexibility index (Phi) is 6.39. The minimum atomic E-state index is -0.466. The second-order valence-corrected chi connectivity index (χ2v) is 8.23. The van der Waals surface area contributed by atoms with Crippen molar-refractivity contribution in [2.24, 2.45) is 5.73 Å². The third-order valence-corrected chi connectivity index (χ3v) is 5.90. The van der Waals surface area contributed by atoms with E-state index in [1.54, 1.807) is 41.0 Å². The van der Waals surface area contributed by atoms with Crippen molar-refractivity contribution >= 4 is 5.82 Å². The van der Waals surface area contributed by atoms with Crippen LogP contribution in [0.25, 0.3) is 0 Å². The number of nitrogens with zero attached hydrogens (tertiary/aromatic N) is 5. The van der Waals surface area contributed by atoms with Crippen LogP contribution in [0.4, 0.5) is 5.82 Å². The number of aromatic nitrogens is 2. The van der Waals surface area contributed by atoms with E-state index in [2.05, 4.69) is 12.1 Å². The van der Waals surface area contributed by atoms with Crippen LogP contribution in [-0.2, 0) is 13.1 Å². The van der Waals surface area contributed by atoms with Gasteiger partial charge in [0.2, 0.25) is 0 Å². The summed E-state index contributed by atoms with van der Waals surface area (Å²) in [5.74, 6) is 0.509. The molecule has 1 aliphatic rings. The summed E-state index contributed by atoms with van der Waals surface area (Å²) in [4.78, 5) is 28.6. The first-order chi connectivity index (χ1) is 16.0. The van der Waals surface area contributed by atoms with Gasteiger partial charge in [0.05, 0.1) is 36.4 Å². The number of hydrogen-bond donors (Lipinski definition) is 1. The van der Waals surface area contributed by atoms with Gasteiger partial charge in [0.1, 0.15) is 5.82 Å². The molecule has 0 aliphatic carbocycles. The average Bonchev–Trinajstić information content (AvgIpc) is 2.83. The molecule has 1 unspecified atom stereocenters. The second-order valence-electron chi connectivity index (χ2n) is 8.23. The van der Waals surface area contributed by atoms with Crippen molar-refractivity contribution in [3.8, 4) is 12.1 Å². The molecule has 8 heteroatoms. The summed E-state index contributed by atoms with van der Waals surface area (Å²) in [6, 6.07) is 19.6. The Hall–Kier alpha value is -4.14. The van der Waals surface area contributed by atoms with Crippen LogP contribution in [0.1, 0.15) is 35.1 Å². The smallest absolute Gasteiger partial charge is 0.333 e. The molecule has 1 fully saturated rings. The molecule has 0 radical (unpaired) electrons. The zero-order valence-corrected chi connectivity index (χ0v) is 18.1. The summed E-state index contributed by atoms with van der Waals surface area (Å²) in [5.41, 5.74) is 7.60. The number of hydrogen-bond acceptors (Lipinski definition) is 6. The van der Waals surface area contributed by atoms with E-state index in [0.29, 0.717) is 41.2 Å². The van der Waals surface area contributed by atoms with Gasteiger partial charge in [-0.2, -0.15) is 10.5 Å². The lowest BCUT2D eigenvalue weighted by Gasteiger charge is -2.34. The Labute approximate surface area is 191 Å². The summed E-state index contributed by atoms with van der Waals surface area (Å²) < 4.78 is 2.71. The molecule has 1 aromatic heterocycles. The molecule has 1 saturated heterocycles.